The minimum absolute atomic E-state index is 0.0143. The molecule has 70 valence electrons. The van der Waals surface area contributed by atoms with E-state index in [1.165, 1.54) is 0 Å². The molecule has 1 unspecified atom stereocenters. The molecule has 0 radical (unpaired) electrons. The van der Waals surface area contributed by atoms with Gasteiger partial charge in [0.15, 0.2) is 0 Å². The van der Waals surface area contributed by atoms with Crippen LogP contribution < -0.4 is 5.32 Å². The van der Waals surface area contributed by atoms with E-state index in [-0.39, 0.29) is 4.32 Å². The molecule has 1 fully saturated rings. The van der Waals surface area contributed by atoms with Crippen molar-refractivity contribution in [3.8, 4) is 0 Å². The maximum Gasteiger partial charge on any atom is 0.320 e. The molecule has 4 heteroatoms. The Morgan fingerprint density at radius 3 is 3.00 bits per heavy atom. The fourth-order valence-corrected chi connectivity index (χ4v) is 2.11. The second kappa shape index (κ2) is 3.75. The number of rotatable bonds is 1. The van der Waals surface area contributed by atoms with E-state index in [0.29, 0.717) is 6.42 Å². The van der Waals surface area contributed by atoms with Gasteiger partial charge >= 0.3 is 5.97 Å². The first-order valence-electron chi connectivity index (χ1n) is 4.16. The van der Waals surface area contributed by atoms with Crippen molar-refractivity contribution in [2.24, 2.45) is 0 Å². The minimum Gasteiger partial charge on any atom is -0.480 e. The molecule has 0 spiro atoms. The van der Waals surface area contributed by atoms with E-state index in [2.05, 4.69) is 28.2 Å². The van der Waals surface area contributed by atoms with Gasteiger partial charge in [0.1, 0.15) is 6.04 Å². The second-order valence-corrected chi connectivity index (χ2v) is 5.48. The Morgan fingerprint density at radius 1 is 1.75 bits per heavy atom. The Balaban J connectivity index is 2.60. The number of carboxylic acids is 1. The average molecular weight is 236 g/mol. The highest BCUT2D eigenvalue weighted by Crippen LogP contribution is 2.30. The van der Waals surface area contributed by atoms with Crippen LogP contribution in [0.15, 0.2) is 0 Å². The molecule has 0 aromatic carbocycles. The van der Waals surface area contributed by atoms with Gasteiger partial charge in [-0.3, -0.25) is 4.79 Å². The summed E-state index contributed by atoms with van der Waals surface area (Å²) in [5.41, 5.74) is 0. The van der Waals surface area contributed by atoms with Gasteiger partial charge in [-0.1, -0.05) is 15.9 Å². The van der Waals surface area contributed by atoms with Crippen molar-refractivity contribution >= 4 is 21.9 Å². The summed E-state index contributed by atoms with van der Waals surface area (Å²) in [6.45, 7) is 2.86. The Kier molecular flexibility index (Phi) is 3.12. The lowest BCUT2D eigenvalue weighted by atomic mass is 9.99. The zero-order chi connectivity index (χ0) is 9.19. The summed E-state index contributed by atoms with van der Waals surface area (Å²) in [5.74, 6) is -0.748. The van der Waals surface area contributed by atoms with Crippen molar-refractivity contribution in [3.63, 3.8) is 0 Å². The third-order valence-electron chi connectivity index (χ3n) is 2.19. The van der Waals surface area contributed by atoms with Crippen molar-refractivity contribution in [3.05, 3.63) is 0 Å². The highest BCUT2D eigenvalue weighted by atomic mass is 79.9. The summed E-state index contributed by atoms with van der Waals surface area (Å²) in [7, 11) is 0. The van der Waals surface area contributed by atoms with E-state index in [4.69, 9.17) is 5.11 Å². The summed E-state index contributed by atoms with van der Waals surface area (Å²) in [4.78, 5) is 10.7. The molecule has 1 rings (SSSR count). The third kappa shape index (κ3) is 2.75. The molecular formula is C8H14BrNO2. The van der Waals surface area contributed by atoms with Gasteiger partial charge in [0.2, 0.25) is 0 Å². The predicted molar refractivity (Wildman–Crippen MR) is 50.6 cm³/mol. The van der Waals surface area contributed by atoms with Gasteiger partial charge in [-0.05, 0) is 32.7 Å². The lowest BCUT2D eigenvalue weighted by Gasteiger charge is -2.21. The highest BCUT2D eigenvalue weighted by Gasteiger charge is 2.30. The monoisotopic (exact) mass is 235 g/mol. The first kappa shape index (κ1) is 9.99. The Hall–Kier alpha value is -0.0900. The Morgan fingerprint density at radius 2 is 2.42 bits per heavy atom. The Labute approximate surface area is 80.7 Å². The van der Waals surface area contributed by atoms with E-state index in [1.807, 2.05) is 0 Å². The maximum atomic E-state index is 10.7. The molecule has 0 aromatic rings. The molecule has 0 aliphatic carbocycles. The predicted octanol–water partition coefficient (Wildman–Crippen LogP) is 1.37. The number of aliphatic carboxylic acids is 1. The van der Waals surface area contributed by atoms with Gasteiger partial charge in [0, 0.05) is 4.32 Å². The first-order valence-corrected chi connectivity index (χ1v) is 4.96. The normalized spacial score (nSPS) is 37.3. The van der Waals surface area contributed by atoms with E-state index in [0.717, 1.165) is 19.4 Å². The van der Waals surface area contributed by atoms with Crippen LogP contribution in [0.25, 0.3) is 0 Å². The van der Waals surface area contributed by atoms with Crippen molar-refractivity contribution in [2.75, 3.05) is 6.54 Å². The number of carboxylic acid groups (broad SMARTS) is 1. The van der Waals surface area contributed by atoms with Crippen LogP contribution in [-0.4, -0.2) is 28.0 Å². The standard InChI is InChI=1S/C8H14BrNO2/c1-8(9)3-2-4-10-6(5-8)7(11)12/h6,10H,2-5H2,1H3,(H,11,12)/t6-,8?/m0/s1. The molecule has 2 atom stereocenters. The molecular weight excluding hydrogens is 222 g/mol. The Bertz CT molecular complexity index is 182. The molecule has 1 saturated heterocycles. The summed E-state index contributed by atoms with van der Waals surface area (Å²) >= 11 is 3.55. The number of alkyl halides is 1. The lowest BCUT2D eigenvalue weighted by molar-refractivity contribution is -0.139. The van der Waals surface area contributed by atoms with Crippen molar-refractivity contribution in [1.29, 1.82) is 0 Å². The van der Waals surface area contributed by atoms with E-state index in [1.54, 1.807) is 0 Å². The molecule has 0 amide bonds. The van der Waals surface area contributed by atoms with Gasteiger partial charge in [-0.15, -0.1) is 0 Å². The summed E-state index contributed by atoms with van der Waals surface area (Å²) in [6, 6.07) is -0.392. The van der Waals surface area contributed by atoms with E-state index in [9.17, 15) is 4.79 Å². The number of nitrogens with one attached hydrogen (secondary N) is 1. The molecule has 1 heterocycles. The maximum absolute atomic E-state index is 10.7. The topological polar surface area (TPSA) is 49.3 Å². The molecule has 0 aromatic heterocycles. The van der Waals surface area contributed by atoms with E-state index < -0.39 is 12.0 Å². The molecule has 0 bridgehead atoms. The van der Waals surface area contributed by atoms with Crippen LogP contribution in [0.3, 0.4) is 0 Å². The van der Waals surface area contributed by atoms with Crippen LogP contribution in [-0.2, 0) is 4.79 Å². The van der Waals surface area contributed by atoms with E-state index >= 15 is 0 Å². The van der Waals surface area contributed by atoms with Crippen LogP contribution in [0.5, 0.6) is 0 Å². The molecule has 2 N–H and O–H groups in total. The van der Waals surface area contributed by atoms with Gasteiger partial charge in [0.25, 0.3) is 0 Å². The number of carbonyl (C=O) groups is 1. The number of hydrogen-bond donors (Lipinski definition) is 2. The second-order valence-electron chi connectivity index (χ2n) is 3.57. The van der Waals surface area contributed by atoms with Gasteiger partial charge in [0.05, 0.1) is 0 Å². The van der Waals surface area contributed by atoms with Gasteiger partial charge < -0.3 is 10.4 Å². The molecule has 0 saturated carbocycles. The largest absolute Gasteiger partial charge is 0.480 e. The molecule has 1 aliphatic rings. The third-order valence-corrected chi connectivity index (χ3v) is 2.91. The first-order chi connectivity index (χ1) is 5.51. The number of hydrogen-bond acceptors (Lipinski definition) is 2. The average Bonchev–Trinajstić information content (AvgIpc) is 2.10. The van der Waals surface area contributed by atoms with Crippen LogP contribution >= 0.6 is 15.9 Å². The van der Waals surface area contributed by atoms with Crippen LogP contribution in [0.4, 0.5) is 0 Å². The quantitative estimate of drug-likeness (QED) is 0.676. The van der Waals surface area contributed by atoms with Crippen LogP contribution in [0.1, 0.15) is 26.2 Å². The molecule has 12 heavy (non-hydrogen) atoms. The van der Waals surface area contributed by atoms with Crippen molar-refractivity contribution in [1.82, 2.24) is 5.32 Å². The smallest absolute Gasteiger partial charge is 0.320 e. The summed E-state index contributed by atoms with van der Waals surface area (Å²) in [6.07, 6.45) is 2.72. The van der Waals surface area contributed by atoms with Crippen molar-refractivity contribution < 1.29 is 9.90 Å². The molecule has 3 nitrogen and oxygen atoms in total. The molecule has 1 aliphatic heterocycles. The fraction of sp³-hybridized carbons (Fsp3) is 0.875. The SMILES string of the molecule is CC1(Br)CCCN[C@H](C(=O)O)C1. The summed E-state index contributed by atoms with van der Waals surface area (Å²) < 4.78 is -0.0143. The zero-order valence-corrected chi connectivity index (χ0v) is 8.73. The van der Waals surface area contributed by atoms with Crippen molar-refractivity contribution in [2.45, 2.75) is 36.6 Å². The highest BCUT2D eigenvalue weighted by molar-refractivity contribution is 9.10. The lowest BCUT2D eigenvalue weighted by Crippen LogP contribution is -2.38. The summed E-state index contributed by atoms with van der Waals surface area (Å²) in [5, 5.41) is 11.8. The van der Waals surface area contributed by atoms with Crippen LogP contribution in [0.2, 0.25) is 0 Å². The zero-order valence-electron chi connectivity index (χ0n) is 7.14. The number of halogens is 1. The van der Waals surface area contributed by atoms with Crippen LogP contribution in [0, 0.1) is 0 Å². The van der Waals surface area contributed by atoms with Gasteiger partial charge in [-0.2, -0.15) is 0 Å². The van der Waals surface area contributed by atoms with Gasteiger partial charge in [-0.25, -0.2) is 0 Å². The minimum atomic E-state index is -0.748. The fourth-order valence-electron chi connectivity index (χ4n) is 1.51.